The minimum Gasteiger partial charge on any atom is -0.508 e. The quantitative estimate of drug-likeness (QED) is 0.873. The van der Waals surface area contributed by atoms with Crippen LogP contribution in [0.1, 0.15) is 13.8 Å². The van der Waals surface area contributed by atoms with Gasteiger partial charge in [-0.1, -0.05) is 13.8 Å². The molecular formula is C15H25Cl2N3O2. The summed E-state index contributed by atoms with van der Waals surface area (Å²) >= 11 is 0. The van der Waals surface area contributed by atoms with Crippen molar-refractivity contribution in [3.05, 3.63) is 24.3 Å². The van der Waals surface area contributed by atoms with Gasteiger partial charge >= 0.3 is 0 Å². The molecule has 7 heteroatoms. The van der Waals surface area contributed by atoms with Gasteiger partial charge in [-0.3, -0.25) is 4.79 Å². The lowest BCUT2D eigenvalue weighted by Gasteiger charge is -2.37. The Balaban J connectivity index is 0.00000220. The normalized spacial score (nSPS) is 15.8. The van der Waals surface area contributed by atoms with Crippen LogP contribution in [0.2, 0.25) is 0 Å². The first-order valence-corrected chi connectivity index (χ1v) is 7.07. The number of rotatable bonds is 3. The number of benzene rings is 1. The Kier molecular flexibility index (Phi) is 8.60. The van der Waals surface area contributed by atoms with Gasteiger partial charge in [-0.2, -0.15) is 0 Å². The van der Waals surface area contributed by atoms with Crippen molar-refractivity contribution in [1.29, 1.82) is 0 Å². The predicted molar refractivity (Wildman–Crippen MR) is 94.2 cm³/mol. The van der Waals surface area contributed by atoms with Gasteiger partial charge in [0.15, 0.2) is 0 Å². The number of anilines is 1. The monoisotopic (exact) mass is 349 g/mol. The lowest BCUT2D eigenvalue weighted by Crippen LogP contribution is -2.54. The minimum absolute atomic E-state index is 0. The number of carbonyl (C=O) groups is 1. The third-order valence-corrected chi connectivity index (χ3v) is 3.81. The number of nitrogens with zero attached hydrogens (tertiary/aromatic N) is 2. The number of amides is 1. The summed E-state index contributed by atoms with van der Waals surface area (Å²) in [6.45, 7) is 6.91. The highest BCUT2D eigenvalue weighted by Crippen LogP contribution is 2.20. The molecule has 1 aliphatic heterocycles. The van der Waals surface area contributed by atoms with Crippen LogP contribution in [0.3, 0.4) is 0 Å². The first-order valence-electron chi connectivity index (χ1n) is 7.07. The maximum absolute atomic E-state index is 12.2. The average Bonchev–Trinajstić information content (AvgIpc) is 2.46. The molecule has 1 aromatic carbocycles. The van der Waals surface area contributed by atoms with Crippen molar-refractivity contribution < 1.29 is 9.90 Å². The van der Waals surface area contributed by atoms with Gasteiger partial charge in [0.1, 0.15) is 5.75 Å². The van der Waals surface area contributed by atoms with Crippen LogP contribution in [0, 0.1) is 5.92 Å². The molecule has 1 aromatic rings. The Hall–Kier alpha value is -1.17. The Labute approximate surface area is 144 Å². The summed E-state index contributed by atoms with van der Waals surface area (Å²) in [5, 5.41) is 9.30. The molecule has 1 saturated heterocycles. The van der Waals surface area contributed by atoms with Crippen molar-refractivity contribution in [2.24, 2.45) is 11.7 Å². The van der Waals surface area contributed by atoms with E-state index in [9.17, 15) is 9.90 Å². The Morgan fingerprint density at radius 3 is 2.05 bits per heavy atom. The van der Waals surface area contributed by atoms with Crippen LogP contribution in [0.25, 0.3) is 0 Å². The Morgan fingerprint density at radius 2 is 1.59 bits per heavy atom. The minimum atomic E-state index is -0.407. The van der Waals surface area contributed by atoms with E-state index in [1.54, 1.807) is 12.1 Å². The second-order valence-electron chi connectivity index (χ2n) is 5.60. The van der Waals surface area contributed by atoms with E-state index in [0.29, 0.717) is 13.1 Å². The van der Waals surface area contributed by atoms with Crippen LogP contribution in [0.4, 0.5) is 5.69 Å². The SMILES string of the molecule is CC(C)C(N)C(=O)N1CCN(c2ccc(O)cc2)CC1.Cl.Cl. The molecule has 0 saturated carbocycles. The van der Waals surface area contributed by atoms with E-state index in [-0.39, 0.29) is 42.4 Å². The summed E-state index contributed by atoms with van der Waals surface area (Å²) in [6.07, 6.45) is 0. The Morgan fingerprint density at radius 1 is 1.09 bits per heavy atom. The highest BCUT2D eigenvalue weighted by atomic mass is 35.5. The predicted octanol–water partition coefficient (Wildman–Crippen LogP) is 1.87. The van der Waals surface area contributed by atoms with Crippen molar-refractivity contribution in [3.63, 3.8) is 0 Å². The number of hydrogen-bond acceptors (Lipinski definition) is 4. The fourth-order valence-electron chi connectivity index (χ4n) is 2.34. The lowest BCUT2D eigenvalue weighted by molar-refractivity contribution is -0.133. The van der Waals surface area contributed by atoms with Gasteiger partial charge in [-0.25, -0.2) is 0 Å². The van der Waals surface area contributed by atoms with Crippen LogP contribution in [-0.2, 0) is 4.79 Å². The number of carbonyl (C=O) groups excluding carboxylic acids is 1. The van der Waals surface area contributed by atoms with Crippen molar-refractivity contribution in [1.82, 2.24) is 4.90 Å². The van der Waals surface area contributed by atoms with E-state index < -0.39 is 6.04 Å². The standard InChI is InChI=1S/C15H23N3O2.2ClH/c1-11(2)14(16)15(20)18-9-7-17(8-10-18)12-3-5-13(19)6-4-12;;/h3-6,11,14,19H,7-10,16H2,1-2H3;2*1H. The molecule has 0 aromatic heterocycles. The van der Waals surface area contributed by atoms with Crippen molar-refractivity contribution >= 4 is 36.4 Å². The molecule has 5 nitrogen and oxygen atoms in total. The maximum Gasteiger partial charge on any atom is 0.239 e. The van der Waals surface area contributed by atoms with Crippen molar-refractivity contribution in [2.45, 2.75) is 19.9 Å². The fourth-order valence-corrected chi connectivity index (χ4v) is 2.34. The van der Waals surface area contributed by atoms with Crippen LogP contribution in [-0.4, -0.2) is 48.1 Å². The van der Waals surface area contributed by atoms with E-state index in [1.165, 1.54) is 0 Å². The molecule has 1 aliphatic rings. The lowest BCUT2D eigenvalue weighted by atomic mass is 10.0. The molecule has 3 N–H and O–H groups in total. The van der Waals surface area contributed by atoms with Gasteiger partial charge < -0.3 is 20.6 Å². The van der Waals surface area contributed by atoms with E-state index in [0.717, 1.165) is 18.8 Å². The number of aromatic hydroxyl groups is 1. The van der Waals surface area contributed by atoms with Crippen LogP contribution in [0.5, 0.6) is 5.75 Å². The summed E-state index contributed by atoms with van der Waals surface area (Å²) in [5.74, 6) is 0.480. The van der Waals surface area contributed by atoms with E-state index >= 15 is 0 Å². The second-order valence-corrected chi connectivity index (χ2v) is 5.60. The molecular weight excluding hydrogens is 325 g/mol. The molecule has 0 spiro atoms. The Bertz CT molecular complexity index is 460. The average molecular weight is 350 g/mol. The number of phenols is 1. The smallest absolute Gasteiger partial charge is 0.239 e. The highest BCUT2D eigenvalue weighted by molar-refractivity contribution is 5.85. The van der Waals surface area contributed by atoms with E-state index in [4.69, 9.17) is 5.73 Å². The third kappa shape index (κ3) is 4.93. The molecule has 1 atom stereocenters. The second kappa shape index (κ2) is 9.08. The molecule has 1 heterocycles. The number of phenolic OH excluding ortho intramolecular Hbond substituents is 1. The van der Waals surface area contributed by atoms with Gasteiger partial charge in [0.2, 0.25) is 5.91 Å². The summed E-state index contributed by atoms with van der Waals surface area (Å²) in [7, 11) is 0. The molecule has 0 aliphatic carbocycles. The van der Waals surface area contributed by atoms with Crippen molar-refractivity contribution in [3.8, 4) is 5.75 Å². The summed E-state index contributed by atoms with van der Waals surface area (Å²) in [4.78, 5) is 16.2. The van der Waals surface area contributed by atoms with Gasteiger partial charge in [0.05, 0.1) is 6.04 Å². The van der Waals surface area contributed by atoms with Gasteiger partial charge in [-0.15, -0.1) is 24.8 Å². The maximum atomic E-state index is 12.2. The van der Waals surface area contributed by atoms with Crippen LogP contribution < -0.4 is 10.6 Å². The number of piperazine rings is 1. The third-order valence-electron chi connectivity index (χ3n) is 3.81. The zero-order valence-corrected chi connectivity index (χ0v) is 14.6. The molecule has 126 valence electrons. The molecule has 0 bridgehead atoms. The molecule has 1 unspecified atom stereocenters. The zero-order valence-electron chi connectivity index (χ0n) is 12.9. The number of halogens is 2. The largest absolute Gasteiger partial charge is 0.508 e. The summed E-state index contributed by atoms with van der Waals surface area (Å²) in [6, 6.07) is 6.75. The first-order chi connectivity index (χ1) is 9.49. The molecule has 1 fully saturated rings. The van der Waals surface area contributed by atoms with E-state index in [1.807, 2.05) is 30.9 Å². The van der Waals surface area contributed by atoms with E-state index in [2.05, 4.69) is 4.90 Å². The first kappa shape index (κ1) is 20.8. The van der Waals surface area contributed by atoms with Gasteiger partial charge in [0, 0.05) is 31.9 Å². The fraction of sp³-hybridized carbons (Fsp3) is 0.533. The highest BCUT2D eigenvalue weighted by Gasteiger charge is 2.26. The molecule has 22 heavy (non-hydrogen) atoms. The van der Waals surface area contributed by atoms with Crippen molar-refractivity contribution in [2.75, 3.05) is 31.1 Å². The topological polar surface area (TPSA) is 69.8 Å². The summed E-state index contributed by atoms with van der Waals surface area (Å²) < 4.78 is 0. The van der Waals surface area contributed by atoms with Gasteiger partial charge in [0.25, 0.3) is 0 Å². The molecule has 2 rings (SSSR count). The summed E-state index contributed by atoms with van der Waals surface area (Å²) in [5.41, 5.74) is 6.99. The van der Waals surface area contributed by atoms with Crippen LogP contribution >= 0.6 is 24.8 Å². The van der Waals surface area contributed by atoms with Crippen LogP contribution in [0.15, 0.2) is 24.3 Å². The number of hydrogen-bond donors (Lipinski definition) is 2. The molecule has 1 amide bonds. The zero-order chi connectivity index (χ0) is 14.7. The number of nitrogens with two attached hydrogens (primary N) is 1. The van der Waals surface area contributed by atoms with Gasteiger partial charge in [-0.05, 0) is 30.2 Å². The molecule has 0 radical (unpaired) electrons.